The summed E-state index contributed by atoms with van der Waals surface area (Å²) in [7, 11) is 0. The van der Waals surface area contributed by atoms with Crippen LogP contribution >= 0.6 is 0 Å². The lowest BCUT2D eigenvalue weighted by atomic mass is 9.97. The smallest absolute Gasteiger partial charge is 0.320 e. The van der Waals surface area contributed by atoms with Crippen molar-refractivity contribution in [2.24, 2.45) is 0 Å². The summed E-state index contributed by atoms with van der Waals surface area (Å²) in [6.45, 7) is 8.18. The molecule has 0 saturated carbocycles. The van der Waals surface area contributed by atoms with Crippen LogP contribution in [-0.2, 0) is 13.2 Å². The molecule has 3 aromatic rings. The second-order valence-corrected chi connectivity index (χ2v) is 8.00. The Hall–Kier alpha value is -2.92. The van der Waals surface area contributed by atoms with Gasteiger partial charge in [0.15, 0.2) is 0 Å². The molecule has 2 heterocycles. The van der Waals surface area contributed by atoms with Crippen molar-refractivity contribution in [2.45, 2.75) is 46.3 Å². The van der Waals surface area contributed by atoms with E-state index in [4.69, 9.17) is 9.47 Å². The Labute approximate surface area is 185 Å². The molecular formula is C26H31N3O2. The molecule has 0 bridgehead atoms. The lowest BCUT2D eigenvalue weighted by molar-refractivity contribution is 0.213. The minimum absolute atomic E-state index is 0.357. The molecule has 0 radical (unpaired) electrons. The molecule has 2 aromatic carbocycles. The minimum atomic E-state index is 0.357. The first-order valence-electron chi connectivity index (χ1n) is 11.2. The van der Waals surface area contributed by atoms with Crippen molar-refractivity contribution in [3.05, 3.63) is 71.4 Å². The number of rotatable bonds is 8. The van der Waals surface area contributed by atoms with Crippen LogP contribution in [0, 0.1) is 6.92 Å². The summed E-state index contributed by atoms with van der Waals surface area (Å²) in [5.41, 5.74) is 5.78. The predicted molar refractivity (Wildman–Crippen MR) is 123 cm³/mol. The minimum Gasteiger partial charge on any atom is -0.478 e. The molecule has 1 fully saturated rings. The van der Waals surface area contributed by atoms with E-state index in [1.165, 1.54) is 36.0 Å². The van der Waals surface area contributed by atoms with Gasteiger partial charge in [-0.15, -0.1) is 0 Å². The SMILES string of the molecule is CCOc1nc(OCc2cccc(-c3ccccc3)c2C)ncc1CN1CCCCC1. The van der Waals surface area contributed by atoms with E-state index in [9.17, 15) is 0 Å². The highest BCUT2D eigenvalue weighted by molar-refractivity contribution is 5.68. The Kier molecular flexibility index (Phi) is 7.15. The topological polar surface area (TPSA) is 47.5 Å². The first-order chi connectivity index (χ1) is 15.2. The van der Waals surface area contributed by atoms with Crippen LogP contribution in [0.25, 0.3) is 11.1 Å². The molecule has 162 valence electrons. The van der Waals surface area contributed by atoms with Crippen LogP contribution in [0.15, 0.2) is 54.7 Å². The maximum absolute atomic E-state index is 5.98. The monoisotopic (exact) mass is 417 g/mol. The number of nitrogens with zero attached hydrogens (tertiary/aromatic N) is 3. The van der Waals surface area contributed by atoms with E-state index in [1.807, 2.05) is 19.2 Å². The van der Waals surface area contributed by atoms with Crippen molar-refractivity contribution < 1.29 is 9.47 Å². The molecule has 5 nitrogen and oxygen atoms in total. The van der Waals surface area contributed by atoms with Crippen molar-refractivity contribution in [1.29, 1.82) is 0 Å². The fraction of sp³-hybridized carbons (Fsp3) is 0.385. The first kappa shape index (κ1) is 21.3. The Balaban J connectivity index is 1.47. The molecule has 1 aliphatic heterocycles. The summed E-state index contributed by atoms with van der Waals surface area (Å²) in [6.07, 6.45) is 5.69. The number of likely N-dealkylation sites (tertiary alicyclic amines) is 1. The van der Waals surface area contributed by atoms with Crippen molar-refractivity contribution in [2.75, 3.05) is 19.7 Å². The second kappa shape index (κ2) is 10.4. The van der Waals surface area contributed by atoms with E-state index in [0.29, 0.717) is 25.1 Å². The average Bonchev–Trinajstić information content (AvgIpc) is 2.81. The first-order valence-corrected chi connectivity index (χ1v) is 11.2. The zero-order chi connectivity index (χ0) is 21.5. The quantitative estimate of drug-likeness (QED) is 0.490. The molecule has 4 rings (SSSR count). The number of piperidine rings is 1. The molecule has 1 aliphatic rings. The molecule has 0 amide bonds. The Bertz CT molecular complexity index is 985. The third kappa shape index (κ3) is 5.42. The molecule has 0 unspecified atom stereocenters. The van der Waals surface area contributed by atoms with E-state index in [-0.39, 0.29) is 0 Å². The third-order valence-corrected chi connectivity index (χ3v) is 5.81. The number of hydrogen-bond acceptors (Lipinski definition) is 5. The molecule has 0 atom stereocenters. The fourth-order valence-electron chi connectivity index (χ4n) is 4.09. The average molecular weight is 418 g/mol. The van der Waals surface area contributed by atoms with Gasteiger partial charge in [0.2, 0.25) is 5.88 Å². The van der Waals surface area contributed by atoms with E-state index < -0.39 is 0 Å². The number of aromatic nitrogens is 2. The van der Waals surface area contributed by atoms with E-state index >= 15 is 0 Å². The second-order valence-electron chi connectivity index (χ2n) is 8.00. The Morgan fingerprint density at radius 3 is 2.48 bits per heavy atom. The van der Waals surface area contributed by atoms with E-state index in [0.717, 1.165) is 30.8 Å². The van der Waals surface area contributed by atoms with Gasteiger partial charge in [0.1, 0.15) is 6.61 Å². The van der Waals surface area contributed by atoms with Crippen LogP contribution in [0.5, 0.6) is 11.9 Å². The molecule has 0 spiro atoms. The van der Waals surface area contributed by atoms with Gasteiger partial charge in [-0.25, -0.2) is 4.98 Å². The Morgan fingerprint density at radius 1 is 0.903 bits per heavy atom. The van der Waals surface area contributed by atoms with Crippen LogP contribution in [0.2, 0.25) is 0 Å². The van der Waals surface area contributed by atoms with Gasteiger partial charge in [-0.2, -0.15) is 4.98 Å². The summed E-state index contributed by atoms with van der Waals surface area (Å²) in [5.74, 6) is 0.632. The Morgan fingerprint density at radius 2 is 1.71 bits per heavy atom. The van der Waals surface area contributed by atoms with Crippen molar-refractivity contribution in [3.63, 3.8) is 0 Å². The standard InChI is InChI=1S/C26H31N3O2/c1-3-30-25-23(18-29-15-8-5-9-16-29)17-27-26(28-25)31-19-22-13-10-14-24(20(22)2)21-11-6-4-7-12-21/h4,6-7,10-14,17H,3,5,8-9,15-16,18-19H2,1-2H3. The predicted octanol–water partition coefficient (Wildman–Crippen LogP) is 5.42. The molecule has 0 aliphatic carbocycles. The van der Waals surface area contributed by atoms with Gasteiger partial charge < -0.3 is 9.47 Å². The highest BCUT2D eigenvalue weighted by atomic mass is 16.5. The van der Waals surface area contributed by atoms with Gasteiger partial charge in [-0.05, 0) is 62.0 Å². The maximum atomic E-state index is 5.98. The number of benzene rings is 2. The van der Waals surface area contributed by atoms with Crippen LogP contribution < -0.4 is 9.47 Å². The lowest BCUT2D eigenvalue weighted by Gasteiger charge is -2.26. The highest BCUT2D eigenvalue weighted by Crippen LogP contribution is 2.27. The van der Waals surface area contributed by atoms with E-state index in [2.05, 4.69) is 64.3 Å². The molecule has 1 saturated heterocycles. The van der Waals surface area contributed by atoms with Crippen molar-refractivity contribution in [1.82, 2.24) is 14.9 Å². The van der Waals surface area contributed by atoms with Gasteiger partial charge in [-0.3, -0.25) is 4.90 Å². The van der Waals surface area contributed by atoms with Crippen LogP contribution in [0.3, 0.4) is 0 Å². The summed E-state index contributed by atoms with van der Waals surface area (Å²) < 4.78 is 11.8. The fourth-order valence-corrected chi connectivity index (χ4v) is 4.09. The molecule has 1 aromatic heterocycles. The van der Waals surface area contributed by atoms with Gasteiger partial charge in [-0.1, -0.05) is 55.0 Å². The zero-order valence-corrected chi connectivity index (χ0v) is 18.5. The van der Waals surface area contributed by atoms with Crippen molar-refractivity contribution >= 4 is 0 Å². The normalized spacial score (nSPS) is 14.4. The highest BCUT2D eigenvalue weighted by Gasteiger charge is 2.16. The van der Waals surface area contributed by atoms with Gasteiger partial charge >= 0.3 is 6.01 Å². The maximum Gasteiger partial charge on any atom is 0.320 e. The molecule has 31 heavy (non-hydrogen) atoms. The van der Waals surface area contributed by atoms with Crippen molar-refractivity contribution in [3.8, 4) is 23.0 Å². The van der Waals surface area contributed by atoms with Crippen LogP contribution in [0.1, 0.15) is 42.9 Å². The lowest BCUT2D eigenvalue weighted by Crippen LogP contribution is -2.29. The number of hydrogen-bond donors (Lipinski definition) is 0. The summed E-state index contributed by atoms with van der Waals surface area (Å²) >= 11 is 0. The molecular weight excluding hydrogens is 386 g/mol. The zero-order valence-electron chi connectivity index (χ0n) is 18.5. The van der Waals surface area contributed by atoms with Crippen LogP contribution in [-0.4, -0.2) is 34.6 Å². The third-order valence-electron chi connectivity index (χ3n) is 5.81. The molecule has 5 heteroatoms. The summed E-state index contributed by atoms with van der Waals surface area (Å²) in [5, 5.41) is 0. The van der Waals surface area contributed by atoms with Gasteiger partial charge in [0.25, 0.3) is 0 Å². The van der Waals surface area contributed by atoms with Crippen LogP contribution in [0.4, 0.5) is 0 Å². The van der Waals surface area contributed by atoms with Gasteiger partial charge in [0, 0.05) is 18.3 Å². The largest absolute Gasteiger partial charge is 0.478 e. The number of ether oxygens (including phenoxy) is 2. The van der Waals surface area contributed by atoms with Gasteiger partial charge in [0.05, 0.1) is 6.61 Å². The van der Waals surface area contributed by atoms with E-state index in [1.54, 1.807) is 0 Å². The summed E-state index contributed by atoms with van der Waals surface area (Å²) in [6, 6.07) is 17.1. The summed E-state index contributed by atoms with van der Waals surface area (Å²) in [4.78, 5) is 11.5. The molecule has 0 N–H and O–H groups in total.